The van der Waals surface area contributed by atoms with Crippen LogP contribution in [-0.2, 0) is 6.54 Å². The molecule has 0 radical (unpaired) electrons. The van der Waals surface area contributed by atoms with Crippen molar-refractivity contribution in [2.45, 2.75) is 25.8 Å². The molecule has 0 saturated carbocycles. The van der Waals surface area contributed by atoms with E-state index in [2.05, 4.69) is 34.2 Å². The Morgan fingerprint density at radius 2 is 2.10 bits per heavy atom. The maximum Gasteiger partial charge on any atom is 0.185 e. The third-order valence-electron chi connectivity index (χ3n) is 4.48. The number of halogens is 1. The summed E-state index contributed by atoms with van der Waals surface area (Å²) in [7, 11) is 4.12. The lowest BCUT2D eigenvalue weighted by Crippen LogP contribution is -2.38. The Morgan fingerprint density at radius 1 is 1.35 bits per heavy atom. The van der Waals surface area contributed by atoms with Crippen LogP contribution in [0, 0.1) is 5.41 Å². The van der Waals surface area contributed by atoms with E-state index in [1.165, 1.54) is 50.3 Å². The highest BCUT2D eigenvalue weighted by atomic mass is 35.5. The van der Waals surface area contributed by atoms with E-state index in [9.17, 15) is 0 Å². The highest BCUT2D eigenvalue weighted by molar-refractivity contribution is 7.15. The molecule has 2 saturated heterocycles. The number of aromatic nitrogens is 1. The topological polar surface area (TPSA) is 31.4 Å². The zero-order chi connectivity index (χ0) is 13.3. The van der Waals surface area contributed by atoms with E-state index >= 15 is 0 Å². The van der Waals surface area contributed by atoms with Crippen LogP contribution in [0.3, 0.4) is 0 Å². The van der Waals surface area contributed by atoms with Crippen molar-refractivity contribution in [3.05, 3.63) is 11.1 Å². The second-order valence-corrected chi connectivity index (χ2v) is 7.31. The Balaban J connectivity index is 0.00000147. The first kappa shape index (κ1) is 16.0. The molecule has 1 N–H and O–H groups in total. The molecule has 2 aliphatic heterocycles. The van der Waals surface area contributed by atoms with Crippen LogP contribution in [0.25, 0.3) is 0 Å². The number of likely N-dealkylation sites (tertiary alicyclic amines) is 1. The summed E-state index contributed by atoms with van der Waals surface area (Å²) in [6, 6.07) is 0. The molecule has 0 bridgehead atoms. The molecule has 1 spiro atoms. The molecule has 0 atom stereocenters. The zero-order valence-corrected chi connectivity index (χ0v) is 14.0. The van der Waals surface area contributed by atoms with Gasteiger partial charge >= 0.3 is 0 Å². The van der Waals surface area contributed by atoms with E-state index in [0.717, 1.165) is 11.7 Å². The van der Waals surface area contributed by atoms with E-state index in [4.69, 9.17) is 0 Å². The minimum Gasteiger partial charge on any atom is -0.354 e. The quantitative estimate of drug-likeness (QED) is 0.926. The van der Waals surface area contributed by atoms with Gasteiger partial charge in [0.05, 0.1) is 0 Å². The third-order valence-corrected chi connectivity index (χ3v) is 5.63. The maximum absolute atomic E-state index is 4.47. The monoisotopic (exact) mass is 316 g/mol. The highest BCUT2D eigenvalue weighted by Crippen LogP contribution is 2.39. The second-order valence-electron chi connectivity index (χ2n) is 6.21. The van der Waals surface area contributed by atoms with Crippen LogP contribution in [0.5, 0.6) is 0 Å². The van der Waals surface area contributed by atoms with E-state index < -0.39 is 0 Å². The first-order valence-corrected chi connectivity index (χ1v) is 8.04. The van der Waals surface area contributed by atoms with Crippen molar-refractivity contribution in [1.82, 2.24) is 15.2 Å². The van der Waals surface area contributed by atoms with Crippen LogP contribution in [-0.4, -0.2) is 50.2 Å². The molecule has 114 valence electrons. The van der Waals surface area contributed by atoms with Gasteiger partial charge in [0.15, 0.2) is 5.13 Å². The largest absolute Gasteiger partial charge is 0.354 e. The lowest BCUT2D eigenvalue weighted by atomic mass is 9.78. The summed E-state index contributed by atoms with van der Waals surface area (Å²) in [5.41, 5.74) is 0.611. The van der Waals surface area contributed by atoms with Crippen LogP contribution in [0.4, 0.5) is 5.13 Å². The van der Waals surface area contributed by atoms with Crippen molar-refractivity contribution in [1.29, 1.82) is 0 Å². The van der Waals surface area contributed by atoms with Gasteiger partial charge in [0.2, 0.25) is 0 Å². The zero-order valence-electron chi connectivity index (χ0n) is 12.4. The summed E-state index contributed by atoms with van der Waals surface area (Å²) < 4.78 is 0. The van der Waals surface area contributed by atoms with E-state index in [1.54, 1.807) is 0 Å². The van der Waals surface area contributed by atoms with Crippen molar-refractivity contribution in [2.75, 3.05) is 45.2 Å². The van der Waals surface area contributed by atoms with Crippen molar-refractivity contribution in [3.63, 3.8) is 0 Å². The molecule has 0 aliphatic carbocycles. The Labute approximate surface area is 132 Å². The number of anilines is 1. The number of nitrogens with zero attached hydrogens (tertiary/aromatic N) is 3. The summed E-state index contributed by atoms with van der Waals surface area (Å²) in [6.45, 7) is 6.04. The fourth-order valence-electron chi connectivity index (χ4n) is 3.33. The smallest absolute Gasteiger partial charge is 0.185 e. The number of nitrogens with one attached hydrogen (secondary N) is 1. The van der Waals surface area contributed by atoms with Gasteiger partial charge in [-0.3, -0.25) is 4.90 Å². The predicted molar refractivity (Wildman–Crippen MR) is 88.1 cm³/mol. The molecule has 3 heterocycles. The van der Waals surface area contributed by atoms with Crippen LogP contribution in [0.2, 0.25) is 0 Å². The van der Waals surface area contributed by atoms with E-state index in [-0.39, 0.29) is 12.4 Å². The van der Waals surface area contributed by atoms with Crippen LogP contribution < -0.4 is 10.2 Å². The first-order valence-electron chi connectivity index (χ1n) is 7.22. The van der Waals surface area contributed by atoms with E-state index in [1.807, 2.05) is 17.5 Å². The molecular formula is C14H25ClN4S. The second kappa shape index (κ2) is 6.60. The van der Waals surface area contributed by atoms with Gasteiger partial charge < -0.3 is 10.2 Å². The number of hydrogen-bond acceptors (Lipinski definition) is 5. The van der Waals surface area contributed by atoms with Crippen molar-refractivity contribution >= 4 is 28.9 Å². The highest BCUT2D eigenvalue weighted by Gasteiger charge is 2.38. The molecular weight excluding hydrogens is 292 g/mol. The lowest BCUT2D eigenvalue weighted by Gasteiger charge is -2.33. The summed E-state index contributed by atoms with van der Waals surface area (Å²) in [6.07, 6.45) is 6.14. The van der Waals surface area contributed by atoms with Gasteiger partial charge in [-0.1, -0.05) is 0 Å². The molecule has 2 fully saturated rings. The fraction of sp³-hybridized carbons (Fsp3) is 0.786. The average Bonchev–Trinajstić information content (AvgIpc) is 2.99. The van der Waals surface area contributed by atoms with Crippen LogP contribution in [0.15, 0.2) is 6.20 Å². The maximum atomic E-state index is 4.47. The number of rotatable bonds is 3. The van der Waals surface area contributed by atoms with Gasteiger partial charge in [-0.15, -0.1) is 23.7 Å². The molecule has 2 aliphatic rings. The standard InChI is InChI=1S/C14H24N4S.ClH/c1-17(2)13-16-9-12(19-13)10-18-8-5-14(11-18)3-6-15-7-4-14;/h9,15H,3-8,10-11H2,1-2H3;1H. The van der Waals surface area contributed by atoms with Gasteiger partial charge in [0.1, 0.15) is 0 Å². The van der Waals surface area contributed by atoms with Gasteiger partial charge in [0, 0.05) is 38.3 Å². The van der Waals surface area contributed by atoms with Crippen LogP contribution in [0.1, 0.15) is 24.1 Å². The normalized spacial score (nSPS) is 21.9. The Bertz CT molecular complexity index is 429. The minimum atomic E-state index is 0. The third kappa shape index (κ3) is 3.45. The summed E-state index contributed by atoms with van der Waals surface area (Å²) >= 11 is 1.82. The fourth-order valence-corrected chi connectivity index (χ4v) is 4.20. The van der Waals surface area contributed by atoms with Gasteiger partial charge in [0.25, 0.3) is 0 Å². The molecule has 0 unspecified atom stereocenters. The first-order chi connectivity index (χ1) is 9.17. The Kier molecular flexibility index (Phi) is 5.29. The van der Waals surface area contributed by atoms with Crippen molar-refractivity contribution in [2.24, 2.45) is 5.41 Å². The molecule has 6 heteroatoms. The van der Waals surface area contributed by atoms with Gasteiger partial charge in [-0.05, 0) is 44.3 Å². The summed E-state index contributed by atoms with van der Waals surface area (Å²) in [4.78, 5) is 10.6. The lowest BCUT2D eigenvalue weighted by molar-refractivity contribution is 0.194. The van der Waals surface area contributed by atoms with Gasteiger partial charge in [-0.25, -0.2) is 4.98 Å². The SMILES string of the molecule is CN(C)c1ncc(CN2CCC3(CCNCC3)C2)s1.Cl. The molecule has 1 aromatic rings. The van der Waals surface area contributed by atoms with Crippen LogP contribution >= 0.6 is 23.7 Å². The molecule has 4 nitrogen and oxygen atoms in total. The molecule has 0 amide bonds. The summed E-state index contributed by atoms with van der Waals surface area (Å²) in [5.74, 6) is 0. The average molecular weight is 317 g/mol. The molecule has 0 aromatic carbocycles. The Hall–Kier alpha value is -0.360. The van der Waals surface area contributed by atoms with E-state index in [0.29, 0.717) is 5.41 Å². The number of thiazole rings is 1. The van der Waals surface area contributed by atoms with Crippen molar-refractivity contribution < 1.29 is 0 Å². The molecule has 20 heavy (non-hydrogen) atoms. The van der Waals surface area contributed by atoms with Crippen molar-refractivity contribution in [3.8, 4) is 0 Å². The molecule has 3 rings (SSSR count). The Morgan fingerprint density at radius 3 is 2.75 bits per heavy atom. The number of piperidine rings is 1. The van der Waals surface area contributed by atoms with Gasteiger partial charge in [-0.2, -0.15) is 0 Å². The summed E-state index contributed by atoms with van der Waals surface area (Å²) in [5, 5.41) is 4.60. The minimum absolute atomic E-state index is 0. The predicted octanol–water partition coefficient (Wildman–Crippen LogP) is 2.21. The molecule has 1 aromatic heterocycles. The number of hydrogen-bond donors (Lipinski definition) is 1.